The molecule has 1 fully saturated rings. The van der Waals surface area contributed by atoms with Crippen LogP contribution in [0.5, 0.6) is 0 Å². The van der Waals surface area contributed by atoms with Crippen LogP contribution in [0, 0.1) is 0 Å². The Morgan fingerprint density at radius 2 is 2.00 bits per heavy atom. The van der Waals surface area contributed by atoms with Crippen molar-refractivity contribution in [1.82, 2.24) is 10.2 Å². The van der Waals surface area contributed by atoms with Gasteiger partial charge < -0.3 is 11.1 Å². The van der Waals surface area contributed by atoms with Gasteiger partial charge in [-0.1, -0.05) is 30.3 Å². The van der Waals surface area contributed by atoms with E-state index in [-0.39, 0.29) is 24.5 Å². The largest absolute Gasteiger partial charge is 0.329 e. The van der Waals surface area contributed by atoms with Gasteiger partial charge in [0.15, 0.2) is 0 Å². The highest BCUT2D eigenvalue weighted by Crippen LogP contribution is 2.14. The number of nitrogens with one attached hydrogen (secondary N) is 1. The molecule has 1 heterocycles. The first-order chi connectivity index (χ1) is 8.18. The summed E-state index contributed by atoms with van der Waals surface area (Å²) in [7, 11) is 0. The van der Waals surface area contributed by atoms with Crippen LogP contribution in [-0.4, -0.2) is 29.9 Å². The molecule has 0 aromatic heterocycles. The number of hydrogen-bond acceptors (Lipinski definition) is 3. The molecule has 5 heteroatoms. The summed E-state index contributed by atoms with van der Waals surface area (Å²) in [4.78, 5) is 23.8. The van der Waals surface area contributed by atoms with E-state index >= 15 is 0 Å². The van der Waals surface area contributed by atoms with Gasteiger partial charge in [0.2, 0.25) is 5.91 Å². The topological polar surface area (TPSA) is 75.4 Å². The van der Waals surface area contributed by atoms with E-state index in [1.807, 2.05) is 30.3 Å². The van der Waals surface area contributed by atoms with Crippen LogP contribution in [0.2, 0.25) is 0 Å². The Hall–Kier alpha value is -1.88. The molecule has 3 N–H and O–H groups in total. The fraction of sp³-hybridized carbons (Fsp3) is 0.333. The van der Waals surface area contributed by atoms with Gasteiger partial charge in [0.05, 0.1) is 6.54 Å². The van der Waals surface area contributed by atoms with Crippen LogP contribution in [0.15, 0.2) is 30.3 Å². The lowest BCUT2D eigenvalue weighted by atomic mass is 10.0. The molecule has 0 spiro atoms. The molecule has 1 saturated heterocycles. The van der Waals surface area contributed by atoms with Gasteiger partial charge in [-0.2, -0.15) is 0 Å². The van der Waals surface area contributed by atoms with Gasteiger partial charge in [-0.15, -0.1) is 0 Å². The van der Waals surface area contributed by atoms with Crippen LogP contribution in [0.4, 0.5) is 4.79 Å². The average molecular weight is 233 g/mol. The van der Waals surface area contributed by atoms with Crippen LogP contribution in [0.1, 0.15) is 18.0 Å². The predicted octanol–water partition coefficient (Wildman–Crippen LogP) is 0.628. The molecule has 2 rings (SSSR count). The van der Waals surface area contributed by atoms with Crippen molar-refractivity contribution in [2.24, 2.45) is 5.73 Å². The van der Waals surface area contributed by atoms with Crippen LogP contribution in [-0.2, 0) is 4.79 Å². The van der Waals surface area contributed by atoms with Crippen molar-refractivity contribution in [1.29, 1.82) is 0 Å². The Morgan fingerprint density at radius 1 is 1.29 bits per heavy atom. The number of benzene rings is 1. The van der Waals surface area contributed by atoms with Crippen molar-refractivity contribution < 1.29 is 9.59 Å². The van der Waals surface area contributed by atoms with Crippen molar-refractivity contribution in [3.8, 4) is 0 Å². The van der Waals surface area contributed by atoms with E-state index < -0.39 is 0 Å². The summed E-state index contributed by atoms with van der Waals surface area (Å²) in [6.07, 6.45) is 0.573. The number of carbonyl (C=O) groups is 2. The number of amides is 3. The van der Waals surface area contributed by atoms with E-state index in [9.17, 15) is 9.59 Å². The quantitative estimate of drug-likeness (QED) is 0.749. The number of nitrogens with zero attached hydrogens (tertiary/aromatic N) is 1. The zero-order valence-electron chi connectivity index (χ0n) is 9.43. The van der Waals surface area contributed by atoms with Crippen molar-refractivity contribution in [3.05, 3.63) is 35.9 Å². The molecule has 0 saturated carbocycles. The molecular weight excluding hydrogens is 218 g/mol. The van der Waals surface area contributed by atoms with E-state index in [1.54, 1.807) is 0 Å². The van der Waals surface area contributed by atoms with E-state index in [0.29, 0.717) is 13.0 Å². The molecule has 1 atom stereocenters. The fourth-order valence-electron chi connectivity index (χ4n) is 1.82. The minimum atomic E-state index is -0.324. The Morgan fingerprint density at radius 3 is 2.59 bits per heavy atom. The van der Waals surface area contributed by atoms with Gasteiger partial charge in [0.1, 0.15) is 0 Å². The molecule has 17 heavy (non-hydrogen) atoms. The van der Waals surface area contributed by atoms with E-state index in [1.165, 1.54) is 4.90 Å². The zero-order chi connectivity index (χ0) is 12.3. The lowest BCUT2D eigenvalue weighted by Crippen LogP contribution is -2.33. The summed E-state index contributed by atoms with van der Waals surface area (Å²) in [6, 6.07) is 9.17. The summed E-state index contributed by atoms with van der Waals surface area (Å²) >= 11 is 0. The van der Waals surface area contributed by atoms with Crippen LogP contribution in [0.3, 0.4) is 0 Å². The molecule has 3 amide bonds. The molecule has 1 aromatic rings. The lowest BCUT2D eigenvalue weighted by Gasteiger charge is -2.16. The second-order valence-corrected chi connectivity index (χ2v) is 4.01. The molecule has 90 valence electrons. The number of carbonyl (C=O) groups excluding carboxylic acids is 2. The van der Waals surface area contributed by atoms with Crippen molar-refractivity contribution >= 4 is 11.9 Å². The second kappa shape index (κ2) is 4.97. The van der Waals surface area contributed by atoms with Crippen LogP contribution < -0.4 is 11.1 Å². The smallest absolute Gasteiger partial charge is 0.324 e. The Balaban J connectivity index is 1.90. The second-order valence-electron chi connectivity index (χ2n) is 4.01. The summed E-state index contributed by atoms with van der Waals surface area (Å²) in [6.45, 7) is 0.458. The first-order valence-corrected chi connectivity index (χ1v) is 5.57. The summed E-state index contributed by atoms with van der Waals surface area (Å²) in [5, 5.41) is 2.48. The Labute approximate surface area is 99.6 Å². The van der Waals surface area contributed by atoms with Gasteiger partial charge in [-0.05, 0) is 12.0 Å². The highest BCUT2D eigenvalue weighted by atomic mass is 16.2. The molecule has 0 aliphatic carbocycles. The Kier molecular flexibility index (Phi) is 3.39. The third kappa shape index (κ3) is 2.62. The molecule has 1 aliphatic rings. The first kappa shape index (κ1) is 11.6. The number of imide groups is 1. The maximum absolute atomic E-state index is 11.3. The SMILES string of the molecule is NC(CCN1C(=O)CNC1=O)c1ccccc1. The van der Waals surface area contributed by atoms with Gasteiger partial charge in [0, 0.05) is 12.6 Å². The van der Waals surface area contributed by atoms with Crippen molar-refractivity contribution in [3.63, 3.8) is 0 Å². The van der Waals surface area contributed by atoms with Crippen LogP contribution in [0.25, 0.3) is 0 Å². The van der Waals surface area contributed by atoms with Gasteiger partial charge in [0.25, 0.3) is 0 Å². The highest BCUT2D eigenvalue weighted by Gasteiger charge is 2.28. The molecule has 5 nitrogen and oxygen atoms in total. The van der Waals surface area contributed by atoms with Gasteiger partial charge in [-0.25, -0.2) is 4.79 Å². The zero-order valence-corrected chi connectivity index (χ0v) is 9.43. The third-order valence-corrected chi connectivity index (χ3v) is 2.83. The summed E-state index contributed by atoms with van der Waals surface area (Å²) < 4.78 is 0. The maximum Gasteiger partial charge on any atom is 0.324 e. The number of rotatable bonds is 4. The third-order valence-electron chi connectivity index (χ3n) is 2.83. The fourth-order valence-corrected chi connectivity index (χ4v) is 1.82. The molecular formula is C12H15N3O2. The van der Waals surface area contributed by atoms with E-state index in [0.717, 1.165) is 5.56 Å². The first-order valence-electron chi connectivity index (χ1n) is 5.57. The predicted molar refractivity (Wildman–Crippen MR) is 63.1 cm³/mol. The molecule has 0 bridgehead atoms. The van der Waals surface area contributed by atoms with Crippen molar-refractivity contribution in [2.45, 2.75) is 12.5 Å². The van der Waals surface area contributed by atoms with Gasteiger partial charge in [-0.3, -0.25) is 9.69 Å². The minimum absolute atomic E-state index is 0.0966. The molecule has 1 aliphatic heterocycles. The standard InChI is InChI=1S/C12H15N3O2/c13-10(9-4-2-1-3-5-9)6-7-15-11(16)8-14-12(15)17/h1-5,10H,6-8,13H2,(H,14,17). The van der Waals surface area contributed by atoms with Crippen molar-refractivity contribution in [2.75, 3.05) is 13.1 Å². The normalized spacial score (nSPS) is 17.1. The van der Waals surface area contributed by atoms with Crippen LogP contribution >= 0.6 is 0 Å². The highest BCUT2D eigenvalue weighted by molar-refractivity contribution is 6.01. The average Bonchev–Trinajstić information content (AvgIpc) is 2.67. The minimum Gasteiger partial charge on any atom is -0.329 e. The molecule has 1 aromatic carbocycles. The number of nitrogens with two attached hydrogens (primary N) is 1. The maximum atomic E-state index is 11.3. The Bertz CT molecular complexity index is 403. The summed E-state index contributed by atoms with van der Waals surface area (Å²) in [5.41, 5.74) is 7.01. The van der Waals surface area contributed by atoms with E-state index in [2.05, 4.69) is 5.32 Å². The number of urea groups is 1. The molecule has 1 unspecified atom stereocenters. The van der Waals surface area contributed by atoms with Gasteiger partial charge >= 0.3 is 6.03 Å². The summed E-state index contributed by atoms with van der Waals surface area (Å²) in [5.74, 6) is -0.185. The lowest BCUT2D eigenvalue weighted by molar-refractivity contribution is -0.125. The van der Waals surface area contributed by atoms with E-state index in [4.69, 9.17) is 5.73 Å². The number of hydrogen-bond donors (Lipinski definition) is 2. The molecule has 0 radical (unpaired) electrons. The monoisotopic (exact) mass is 233 g/mol.